The molecule has 0 saturated carbocycles. The van der Waals surface area contributed by atoms with Crippen molar-refractivity contribution in [3.8, 4) is 11.5 Å². The van der Waals surface area contributed by atoms with Gasteiger partial charge in [0.25, 0.3) is 0 Å². The van der Waals surface area contributed by atoms with Crippen molar-refractivity contribution in [2.45, 2.75) is 17.7 Å². The Morgan fingerprint density at radius 1 is 1.21 bits per heavy atom. The van der Waals surface area contributed by atoms with Gasteiger partial charge in [-0.3, -0.25) is 4.79 Å². The van der Waals surface area contributed by atoms with Crippen LogP contribution in [0, 0.1) is 0 Å². The van der Waals surface area contributed by atoms with Gasteiger partial charge in [-0.2, -0.15) is 0 Å². The van der Waals surface area contributed by atoms with Gasteiger partial charge in [-0.15, -0.1) is 0 Å². The lowest BCUT2D eigenvalue weighted by Crippen LogP contribution is -2.13. The van der Waals surface area contributed by atoms with Crippen molar-refractivity contribution in [3.05, 3.63) is 17.7 Å². The van der Waals surface area contributed by atoms with E-state index in [1.54, 1.807) is 0 Å². The second-order valence-corrected chi connectivity index (χ2v) is 6.06. The number of methoxy groups -OCH3 is 2. The quantitative estimate of drug-likeness (QED) is 0.878. The number of rotatable bonds is 5. The lowest BCUT2D eigenvalue weighted by atomic mass is 10.0. The Morgan fingerprint density at radius 2 is 1.68 bits per heavy atom. The van der Waals surface area contributed by atoms with Crippen molar-refractivity contribution < 1.29 is 27.8 Å². The van der Waals surface area contributed by atoms with E-state index in [1.807, 2.05) is 0 Å². The standard InChI is InChI=1S/C12H16O6S/c1-7(12(13)14)8-5-9(17-2)10(18-3)6-11(8)19(4,15)16/h5-7H,1-4H3,(H,13,14). The molecule has 0 amide bonds. The van der Waals surface area contributed by atoms with Crippen molar-refractivity contribution in [2.75, 3.05) is 20.5 Å². The first-order chi connectivity index (χ1) is 8.72. The van der Waals surface area contributed by atoms with Gasteiger partial charge in [0, 0.05) is 12.3 Å². The Labute approximate surface area is 111 Å². The summed E-state index contributed by atoms with van der Waals surface area (Å²) in [6, 6.07) is 2.66. The molecule has 0 heterocycles. The monoisotopic (exact) mass is 288 g/mol. The van der Waals surface area contributed by atoms with Gasteiger partial charge in [0.1, 0.15) is 0 Å². The Hall–Kier alpha value is -1.76. The minimum absolute atomic E-state index is 0.0694. The fraction of sp³-hybridized carbons (Fsp3) is 0.417. The minimum atomic E-state index is -3.57. The van der Waals surface area contributed by atoms with E-state index < -0.39 is 21.7 Å². The summed E-state index contributed by atoms with van der Waals surface area (Å²) in [4.78, 5) is 11.0. The van der Waals surface area contributed by atoms with Gasteiger partial charge in [-0.1, -0.05) is 0 Å². The Balaban J connectivity index is 3.63. The first-order valence-electron chi connectivity index (χ1n) is 5.41. The molecule has 0 aliphatic rings. The summed E-state index contributed by atoms with van der Waals surface area (Å²) in [5.74, 6) is -1.55. The van der Waals surface area contributed by atoms with Crippen LogP contribution in [-0.4, -0.2) is 40.0 Å². The molecule has 0 saturated heterocycles. The predicted octanol–water partition coefficient (Wildman–Crippen LogP) is 1.30. The topological polar surface area (TPSA) is 89.9 Å². The van der Waals surface area contributed by atoms with E-state index in [0.29, 0.717) is 0 Å². The number of carboxylic acids is 1. The number of aliphatic carboxylic acids is 1. The number of carbonyl (C=O) groups is 1. The first kappa shape index (κ1) is 15.3. The van der Waals surface area contributed by atoms with Gasteiger partial charge >= 0.3 is 5.97 Å². The van der Waals surface area contributed by atoms with Crippen LogP contribution < -0.4 is 9.47 Å². The fourth-order valence-corrected chi connectivity index (χ4v) is 2.65. The molecule has 106 valence electrons. The molecule has 0 radical (unpaired) electrons. The van der Waals surface area contributed by atoms with Crippen LogP contribution in [0.3, 0.4) is 0 Å². The molecule has 19 heavy (non-hydrogen) atoms. The number of ether oxygens (including phenoxy) is 2. The fourth-order valence-electron chi connectivity index (χ4n) is 1.67. The predicted molar refractivity (Wildman–Crippen MR) is 68.7 cm³/mol. The van der Waals surface area contributed by atoms with Crippen LogP contribution in [0.5, 0.6) is 11.5 Å². The molecule has 0 fully saturated rings. The van der Waals surface area contributed by atoms with Crippen LogP contribution in [0.4, 0.5) is 0 Å². The molecule has 1 atom stereocenters. The van der Waals surface area contributed by atoms with E-state index in [0.717, 1.165) is 6.26 Å². The van der Waals surface area contributed by atoms with E-state index in [9.17, 15) is 13.2 Å². The summed E-state index contributed by atoms with van der Waals surface area (Å²) < 4.78 is 33.6. The van der Waals surface area contributed by atoms with Crippen LogP contribution in [-0.2, 0) is 14.6 Å². The van der Waals surface area contributed by atoms with Gasteiger partial charge in [-0.25, -0.2) is 8.42 Å². The minimum Gasteiger partial charge on any atom is -0.493 e. The third-order valence-corrected chi connectivity index (χ3v) is 3.90. The van der Waals surface area contributed by atoms with Crippen molar-refractivity contribution in [1.29, 1.82) is 0 Å². The van der Waals surface area contributed by atoms with Crippen LogP contribution in [0.25, 0.3) is 0 Å². The summed E-state index contributed by atoms with van der Waals surface area (Å²) in [5, 5.41) is 9.05. The molecule has 1 unspecified atom stereocenters. The summed E-state index contributed by atoms with van der Waals surface area (Å²) in [5.41, 5.74) is 0.174. The molecule has 0 spiro atoms. The molecule has 0 aromatic heterocycles. The highest BCUT2D eigenvalue weighted by Gasteiger charge is 2.25. The second kappa shape index (κ2) is 5.48. The molecule has 0 bridgehead atoms. The van der Waals surface area contributed by atoms with Crippen molar-refractivity contribution in [1.82, 2.24) is 0 Å². The molecule has 0 aliphatic heterocycles. The van der Waals surface area contributed by atoms with Crippen molar-refractivity contribution in [3.63, 3.8) is 0 Å². The molecular weight excluding hydrogens is 272 g/mol. The van der Waals surface area contributed by atoms with E-state index in [1.165, 1.54) is 33.3 Å². The second-order valence-electron chi connectivity index (χ2n) is 4.08. The molecule has 1 aromatic carbocycles. The SMILES string of the molecule is COc1cc(C(C)C(=O)O)c(S(C)(=O)=O)cc1OC. The number of carboxylic acid groups (broad SMARTS) is 1. The smallest absolute Gasteiger partial charge is 0.310 e. The van der Waals surface area contributed by atoms with E-state index in [2.05, 4.69) is 0 Å². The van der Waals surface area contributed by atoms with Gasteiger partial charge in [0.2, 0.25) is 0 Å². The maximum atomic E-state index is 11.8. The number of benzene rings is 1. The molecule has 6 nitrogen and oxygen atoms in total. The van der Waals surface area contributed by atoms with E-state index in [-0.39, 0.29) is 22.0 Å². The third-order valence-electron chi connectivity index (χ3n) is 2.75. The van der Waals surface area contributed by atoms with Gasteiger partial charge in [0.05, 0.1) is 25.0 Å². The van der Waals surface area contributed by atoms with Crippen LogP contribution >= 0.6 is 0 Å². The Bertz CT molecular complexity index is 590. The highest BCUT2D eigenvalue weighted by atomic mass is 32.2. The largest absolute Gasteiger partial charge is 0.493 e. The van der Waals surface area contributed by atoms with E-state index >= 15 is 0 Å². The normalized spacial score (nSPS) is 12.8. The lowest BCUT2D eigenvalue weighted by Gasteiger charge is -2.16. The summed E-state index contributed by atoms with van der Waals surface area (Å²) in [6.45, 7) is 1.41. The molecule has 1 N–H and O–H groups in total. The van der Waals surface area contributed by atoms with Gasteiger partial charge < -0.3 is 14.6 Å². The zero-order valence-corrected chi connectivity index (χ0v) is 11.9. The molecule has 1 rings (SSSR count). The molecule has 1 aromatic rings. The Morgan fingerprint density at radius 3 is 2.05 bits per heavy atom. The average Bonchev–Trinajstić information content (AvgIpc) is 2.34. The maximum absolute atomic E-state index is 11.8. The van der Waals surface area contributed by atoms with Gasteiger partial charge in [-0.05, 0) is 18.6 Å². The van der Waals surface area contributed by atoms with Crippen LogP contribution in [0.1, 0.15) is 18.4 Å². The number of sulfone groups is 1. The zero-order valence-electron chi connectivity index (χ0n) is 11.1. The first-order valence-corrected chi connectivity index (χ1v) is 7.30. The van der Waals surface area contributed by atoms with E-state index in [4.69, 9.17) is 14.6 Å². The number of hydrogen-bond acceptors (Lipinski definition) is 5. The van der Waals surface area contributed by atoms with Gasteiger partial charge in [0.15, 0.2) is 21.3 Å². The Kier molecular flexibility index (Phi) is 4.41. The summed E-state index contributed by atoms with van der Waals surface area (Å²) in [7, 11) is -0.793. The van der Waals surface area contributed by atoms with Crippen molar-refractivity contribution >= 4 is 15.8 Å². The highest BCUT2D eigenvalue weighted by molar-refractivity contribution is 7.90. The third kappa shape index (κ3) is 3.17. The lowest BCUT2D eigenvalue weighted by molar-refractivity contribution is -0.138. The van der Waals surface area contributed by atoms with Crippen molar-refractivity contribution in [2.24, 2.45) is 0 Å². The van der Waals surface area contributed by atoms with Crippen LogP contribution in [0.15, 0.2) is 17.0 Å². The summed E-state index contributed by atoms with van der Waals surface area (Å²) >= 11 is 0. The number of hydrogen-bond donors (Lipinski definition) is 1. The van der Waals surface area contributed by atoms with Crippen LogP contribution in [0.2, 0.25) is 0 Å². The molecular formula is C12H16O6S. The zero-order chi connectivity index (χ0) is 14.8. The molecule has 0 aliphatic carbocycles. The molecule has 7 heteroatoms. The maximum Gasteiger partial charge on any atom is 0.310 e. The average molecular weight is 288 g/mol. The summed E-state index contributed by atoms with van der Waals surface area (Å²) in [6.07, 6.45) is 1.02. The highest BCUT2D eigenvalue weighted by Crippen LogP contribution is 2.36.